The van der Waals surface area contributed by atoms with Gasteiger partial charge in [-0.2, -0.15) is 8.42 Å². The molecule has 0 bridgehead atoms. The molecule has 1 fully saturated rings. The Morgan fingerprint density at radius 1 is 1.13 bits per heavy atom. The minimum Gasteiger partial charge on any atom is -0.508 e. The summed E-state index contributed by atoms with van der Waals surface area (Å²) in [5, 5.41) is 79.6. The average molecular weight is 672 g/mol. The van der Waals surface area contributed by atoms with Crippen molar-refractivity contribution >= 4 is 39.3 Å². The van der Waals surface area contributed by atoms with Gasteiger partial charge in [0.25, 0.3) is 16.0 Å². The zero-order valence-electron chi connectivity index (χ0n) is 25.4. The molecule has 4 rings (SSSR count). The molecule has 0 aliphatic heterocycles. The molecule has 7 atom stereocenters. The number of amides is 1. The van der Waals surface area contributed by atoms with Crippen molar-refractivity contribution in [1.29, 1.82) is 0 Å². The molecule has 2 unspecified atom stereocenters. The Bertz CT molecular complexity index is 1620. The first-order valence-electron chi connectivity index (χ1n) is 13.7. The van der Waals surface area contributed by atoms with E-state index in [4.69, 9.17) is 4.55 Å². The number of carboxylic acids is 1. The maximum absolute atomic E-state index is 14.0. The van der Waals surface area contributed by atoms with Gasteiger partial charge in [0, 0.05) is 17.4 Å². The number of nitrogens with one attached hydrogen (secondary N) is 2. The number of ketones is 2. The van der Waals surface area contributed by atoms with Crippen LogP contribution in [0.15, 0.2) is 35.1 Å². The summed E-state index contributed by atoms with van der Waals surface area (Å²) in [4.78, 5) is 53.4. The van der Waals surface area contributed by atoms with E-state index < -0.39 is 110 Å². The van der Waals surface area contributed by atoms with Gasteiger partial charge in [0.1, 0.15) is 28.9 Å². The molecule has 0 radical (unpaired) electrons. The Balaban J connectivity index is 0.00000107. The summed E-state index contributed by atoms with van der Waals surface area (Å²) in [6, 6.07) is 1.32. The number of Topliss-reactive ketones (excluding diaryl/α,β-unsaturated/α-hetero) is 2. The minimum atomic E-state index is -3.67. The highest BCUT2D eigenvalue weighted by Gasteiger charge is 2.66. The van der Waals surface area contributed by atoms with E-state index in [-0.39, 0.29) is 17.5 Å². The Kier molecular flexibility index (Phi) is 10.1. The number of carbonyl (C=O) groups excluding carboxylic acids is 3. The number of aliphatic hydroxyl groups is 5. The molecule has 18 heteroatoms. The van der Waals surface area contributed by atoms with E-state index in [9.17, 15) is 63.3 Å². The summed E-state index contributed by atoms with van der Waals surface area (Å²) in [5.74, 6) is -9.81. The van der Waals surface area contributed by atoms with Crippen molar-refractivity contribution in [3.63, 3.8) is 0 Å². The summed E-state index contributed by atoms with van der Waals surface area (Å²) in [5.41, 5.74) is -6.28. The van der Waals surface area contributed by atoms with Gasteiger partial charge in [0.15, 0.2) is 11.4 Å². The third-order valence-electron chi connectivity index (χ3n) is 8.32. The molecule has 46 heavy (non-hydrogen) atoms. The molecular weight excluding hydrogens is 634 g/mol. The molecule has 1 aromatic carbocycles. The minimum absolute atomic E-state index is 0.120. The lowest BCUT2D eigenvalue weighted by Gasteiger charge is -2.53. The maximum Gasteiger partial charge on any atom is 0.323 e. The molecule has 1 amide bonds. The monoisotopic (exact) mass is 671 g/mol. The number of carbonyl (C=O) groups is 4. The van der Waals surface area contributed by atoms with Crippen LogP contribution < -0.4 is 10.6 Å². The summed E-state index contributed by atoms with van der Waals surface area (Å²) in [6.07, 6.45) is -0.917. The number of hydrogen-bond donors (Lipinski definition) is 10. The van der Waals surface area contributed by atoms with E-state index in [2.05, 4.69) is 10.6 Å². The van der Waals surface area contributed by atoms with Gasteiger partial charge >= 0.3 is 5.97 Å². The number of aliphatic hydroxyl groups excluding tert-OH is 3. The Labute approximate surface area is 263 Å². The molecule has 1 saturated carbocycles. The molecule has 3 aliphatic rings. The Morgan fingerprint density at radius 3 is 2.20 bits per heavy atom. The van der Waals surface area contributed by atoms with E-state index in [0.717, 1.165) is 0 Å². The number of rotatable bonds is 7. The number of phenols is 1. The number of fused-ring (bicyclic) bond motifs is 3. The van der Waals surface area contributed by atoms with E-state index in [0.29, 0.717) is 6.26 Å². The number of phenolic OH excluding ortho intramolecular Hbond substituents is 1. The van der Waals surface area contributed by atoms with Crippen LogP contribution in [0.4, 0.5) is 0 Å². The number of aromatic hydroxyl groups is 1. The fourth-order valence-corrected chi connectivity index (χ4v) is 6.28. The second-order valence-corrected chi connectivity index (χ2v) is 13.2. The molecule has 254 valence electrons. The summed E-state index contributed by atoms with van der Waals surface area (Å²) in [6.45, 7) is 2.01. The highest BCUT2D eigenvalue weighted by atomic mass is 32.2. The summed E-state index contributed by atoms with van der Waals surface area (Å²) in [7, 11) is -0.746. The predicted octanol–water partition coefficient (Wildman–Crippen LogP) is -1.85. The molecule has 17 nitrogen and oxygen atoms in total. The summed E-state index contributed by atoms with van der Waals surface area (Å²) >= 11 is 0. The van der Waals surface area contributed by atoms with Gasteiger partial charge in [0.2, 0.25) is 5.78 Å². The van der Waals surface area contributed by atoms with Gasteiger partial charge in [-0.25, -0.2) is 0 Å². The van der Waals surface area contributed by atoms with Crippen molar-refractivity contribution in [3.8, 4) is 5.75 Å². The van der Waals surface area contributed by atoms with Crippen LogP contribution in [-0.4, -0.2) is 128 Å². The molecule has 10 N–H and O–H groups in total. The third-order valence-corrected chi connectivity index (χ3v) is 8.32. The lowest BCUT2D eigenvalue weighted by Crippen LogP contribution is -2.67. The van der Waals surface area contributed by atoms with Crippen LogP contribution in [0.2, 0.25) is 0 Å². The predicted molar refractivity (Wildman–Crippen MR) is 158 cm³/mol. The second kappa shape index (κ2) is 12.7. The molecule has 0 spiro atoms. The molecule has 0 saturated heterocycles. The maximum atomic E-state index is 14.0. The zero-order valence-corrected chi connectivity index (χ0v) is 26.2. The highest BCUT2D eigenvalue weighted by Crippen LogP contribution is 2.57. The van der Waals surface area contributed by atoms with Crippen molar-refractivity contribution in [2.45, 2.75) is 49.7 Å². The van der Waals surface area contributed by atoms with Gasteiger partial charge in [-0.3, -0.25) is 33.9 Å². The van der Waals surface area contributed by atoms with E-state index in [1.165, 1.54) is 51.0 Å². The van der Waals surface area contributed by atoms with Crippen molar-refractivity contribution in [2.75, 3.05) is 27.0 Å². The lowest BCUT2D eigenvalue weighted by molar-refractivity contribution is -0.159. The average Bonchev–Trinajstić information content (AvgIpc) is 2.90. The van der Waals surface area contributed by atoms with Crippen LogP contribution in [-0.2, 0) is 34.9 Å². The third kappa shape index (κ3) is 6.37. The number of likely N-dealkylation sites (N-methyl/N-ethyl adjacent to an activating group) is 1. The Hall–Kier alpha value is -3.91. The summed E-state index contributed by atoms with van der Waals surface area (Å²) < 4.78 is 25.9. The number of nitrogens with zero attached hydrogens (tertiary/aromatic N) is 1. The Morgan fingerprint density at radius 2 is 1.70 bits per heavy atom. The van der Waals surface area contributed by atoms with E-state index in [1.807, 2.05) is 0 Å². The highest BCUT2D eigenvalue weighted by molar-refractivity contribution is 7.85. The molecule has 1 aromatic rings. The van der Waals surface area contributed by atoms with Gasteiger partial charge < -0.3 is 41.1 Å². The fraction of sp³-hybridized carbons (Fsp3) is 0.500. The number of hydrogen-bond acceptors (Lipinski definition) is 14. The first-order chi connectivity index (χ1) is 21.0. The van der Waals surface area contributed by atoms with E-state index in [1.54, 1.807) is 0 Å². The quantitative estimate of drug-likeness (QED) is 0.0864. The number of carboxylic acid groups (broad SMARTS) is 1. The van der Waals surface area contributed by atoms with Crippen LogP contribution in [0.25, 0.3) is 5.76 Å². The van der Waals surface area contributed by atoms with Gasteiger partial charge in [-0.1, -0.05) is 12.1 Å². The van der Waals surface area contributed by atoms with Crippen LogP contribution in [0.1, 0.15) is 31.4 Å². The largest absolute Gasteiger partial charge is 0.508 e. The van der Waals surface area contributed by atoms with Crippen LogP contribution in [0, 0.1) is 11.8 Å². The zero-order chi connectivity index (χ0) is 35.3. The first-order valence-corrected chi connectivity index (χ1v) is 15.6. The van der Waals surface area contributed by atoms with Crippen molar-refractivity contribution in [3.05, 3.63) is 46.2 Å². The van der Waals surface area contributed by atoms with Crippen molar-refractivity contribution in [1.82, 2.24) is 15.5 Å². The standard InChI is InChI=1S/C27H33N3O11.CH4O3S/c1-10(31)18(25(38)39)28-9-29-24(37)17-21(34)19(30(3)4)13-8-12-16(22(35)27(13,41)23(17)36)20(33)15-11(26(12,2)40)6-5-7-14(15)32;1-5(2,3)4/h5-7,10,12-13,18-19,28,31-33,36,40-41H,8-9H2,1-4H3,(H,29,37)(H,38,39);1H3,(H,2,3,4)/t10?,12-,13-,18?,19-,26+,27-;/m0./s1. The fourth-order valence-electron chi connectivity index (χ4n) is 6.28. The van der Waals surface area contributed by atoms with Gasteiger partial charge in [-0.15, -0.1) is 0 Å². The van der Waals surface area contributed by atoms with Crippen molar-refractivity contribution < 1.29 is 67.9 Å². The topological polar surface area (TPSA) is 292 Å². The van der Waals surface area contributed by atoms with Crippen LogP contribution in [0.3, 0.4) is 0 Å². The molecule has 0 heterocycles. The molecular formula is C28H37N3O14S. The second-order valence-electron chi connectivity index (χ2n) is 11.8. The van der Waals surface area contributed by atoms with Gasteiger partial charge in [-0.05, 0) is 46.0 Å². The van der Waals surface area contributed by atoms with Gasteiger partial charge in [0.05, 0.1) is 36.2 Å². The van der Waals surface area contributed by atoms with Crippen LogP contribution in [0.5, 0.6) is 5.75 Å². The van der Waals surface area contributed by atoms with Crippen molar-refractivity contribution in [2.24, 2.45) is 11.8 Å². The molecule has 0 aromatic heterocycles. The lowest BCUT2D eigenvalue weighted by atomic mass is 9.54. The SMILES string of the molecule is CC(O)C(NCNC(=O)C1=C(O)[C@@]2(O)C(=O)C3=C(O)c4c(O)cccc4[C@@](C)(O)[C@H]3C[C@H]2[C@H](N(C)C)C1=O)C(=O)O.CS(=O)(=O)O. The smallest absolute Gasteiger partial charge is 0.323 e. The number of benzene rings is 1. The normalized spacial score (nSPS) is 28.8. The molecule has 3 aliphatic carbocycles. The van der Waals surface area contributed by atoms with E-state index >= 15 is 0 Å². The van der Waals surface area contributed by atoms with Crippen LogP contribution >= 0.6 is 0 Å². The number of aliphatic carboxylic acids is 1. The first kappa shape index (κ1) is 36.6.